The molecule has 1 rings (SSSR count). The van der Waals surface area contributed by atoms with Crippen molar-refractivity contribution in [3.63, 3.8) is 0 Å². The van der Waals surface area contributed by atoms with Crippen LogP contribution in [0.5, 0.6) is 0 Å². The Hall–Kier alpha value is -1.25. The zero-order valence-electron chi connectivity index (χ0n) is 4.98. The summed E-state index contributed by atoms with van der Waals surface area (Å²) < 4.78 is 4.59. The van der Waals surface area contributed by atoms with Crippen molar-refractivity contribution in [2.45, 2.75) is 0 Å². The van der Waals surface area contributed by atoms with Crippen molar-refractivity contribution in [2.24, 2.45) is 0 Å². The number of nitrogens with zero attached hydrogens (tertiary/aromatic N) is 1. The van der Waals surface area contributed by atoms with E-state index in [4.69, 9.17) is 15.3 Å². The van der Waals surface area contributed by atoms with Crippen LogP contribution in [-0.4, -0.2) is 17.2 Å². The lowest BCUT2D eigenvalue weighted by molar-refractivity contribution is 0.424. The molecule has 4 nitrogen and oxygen atoms in total. The van der Waals surface area contributed by atoms with E-state index in [1.807, 2.05) is 0 Å². The van der Waals surface area contributed by atoms with Crippen molar-refractivity contribution in [1.29, 1.82) is 5.26 Å². The van der Waals surface area contributed by atoms with E-state index < -0.39 is 7.12 Å². The van der Waals surface area contributed by atoms with Gasteiger partial charge in [0.05, 0.1) is 6.26 Å². The van der Waals surface area contributed by atoms with Crippen LogP contribution in [0, 0.1) is 11.3 Å². The number of hydrogen-bond donors (Lipinski definition) is 2. The van der Waals surface area contributed by atoms with Crippen LogP contribution >= 0.6 is 0 Å². The van der Waals surface area contributed by atoms with Crippen LogP contribution in [0.4, 0.5) is 0 Å². The van der Waals surface area contributed by atoms with Crippen LogP contribution in [0.25, 0.3) is 0 Å². The first-order chi connectivity index (χ1) is 4.75. The van der Waals surface area contributed by atoms with Gasteiger partial charge >= 0.3 is 7.12 Å². The Kier molecular flexibility index (Phi) is 1.76. The highest BCUT2D eigenvalue weighted by Crippen LogP contribution is 1.94. The van der Waals surface area contributed by atoms with Gasteiger partial charge in [-0.25, -0.2) is 0 Å². The van der Waals surface area contributed by atoms with Crippen molar-refractivity contribution in [2.75, 3.05) is 0 Å². The molecule has 0 saturated carbocycles. The molecule has 10 heavy (non-hydrogen) atoms. The normalized spacial score (nSPS) is 8.90. The summed E-state index contributed by atoms with van der Waals surface area (Å²) in [6.07, 6.45) is 1.23. The molecule has 0 saturated heterocycles. The molecule has 0 atom stereocenters. The lowest BCUT2D eigenvalue weighted by Gasteiger charge is -1.90. The van der Waals surface area contributed by atoms with Gasteiger partial charge < -0.3 is 14.5 Å². The van der Waals surface area contributed by atoms with Gasteiger partial charge in [0.2, 0.25) is 5.76 Å². The molecule has 5 heteroatoms. The summed E-state index contributed by atoms with van der Waals surface area (Å²) >= 11 is 0. The molecule has 0 amide bonds. The summed E-state index contributed by atoms with van der Waals surface area (Å²) in [6, 6.07) is 3.01. The first-order valence-electron chi connectivity index (χ1n) is 2.59. The van der Waals surface area contributed by atoms with Gasteiger partial charge in [-0.3, -0.25) is 0 Å². The minimum atomic E-state index is -1.63. The van der Waals surface area contributed by atoms with E-state index >= 15 is 0 Å². The van der Waals surface area contributed by atoms with Crippen molar-refractivity contribution in [3.05, 3.63) is 18.1 Å². The van der Waals surface area contributed by atoms with E-state index in [0.717, 1.165) is 0 Å². The van der Waals surface area contributed by atoms with E-state index in [9.17, 15) is 0 Å². The number of furan rings is 1. The van der Waals surface area contributed by atoms with E-state index in [2.05, 4.69) is 4.42 Å². The van der Waals surface area contributed by atoms with Crippen LogP contribution in [-0.2, 0) is 0 Å². The summed E-state index contributed by atoms with van der Waals surface area (Å²) in [5.41, 5.74) is 0.0995. The SMILES string of the molecule is N#Cc1occc1B(O)O. The molecular formula is C5H4BNO3. The minimum Gasteiger partial charge on any atom is -0.454 e. The maximum atomic E-state index is 8.57. The zero-order valence-corrected chi connectivity index (χ0v) is 4.98. The molecule has 0 radical (unpaired) electrons. The fraction of sp³-hybridized carbons (Fsp3) is 0. The third-order valence-corrected chi connectivity index (χ3v) is 1.08. The van der Waals surface area contributed by atoms with Crippen LogP contribution in [0.15, 0.2) is 16.7 Å². The minimum absolute atomic E-state index is 0.0602. The predicted molar refractivity (Wildman–Crippen MR) is 33.2 cm³/mol. The Morgan fingerprint density at radius 2 is 2.30 bits per heavy atom. The van der Waals surface area contributed by atoms with E-state index in [-0.39, 0.29) is 11.2 Å². The molecule has 0 fully saturated rings. The fourth-order valence-electron chi connectivity index (χ4n) is 0.613. The molecule has 0 aromatic carbocycles. The van der Waals surface area contributed by atoms with Crippen LogP contribution in [0.2, 0.25) is 0 Å². The summed E-state index contributed by atoms with van der Waals surface area (Å²) in [4.78, 5) is 0. The number of hydrogen-bond acceptors (Lipinski definition) is 4. The van der Waals surface area contributed by atoms with E-state index in [1.54, 1.807) is 6.07 Å². The lowest BCUT2D eigenvalue weighted by Crippen LogP contribution is -2.30. The van der Waals surface area contributed by atoms with E-state index in [1.165, 1.54) is 12.3 Å². The van der Waals surface area contributed by atoms with Gasteiger partial charge in [-0.2, -0.15) is 5.26 Å². The standard InChI is InChI=1S/C5H4BNO3/c7-3-5-4(6(8)9)1-2-10-5/h1-2,8-9H. The van der Waals surface area contributed by atoms with Crippen molar-refractivity contribution < 1.29 is 14.5 Å². The Morgan fingerprint density at radius 1 is 1.60 bits per heavy atom. The van der Waals surface area contributed by atoms with Crippen molar-refractivity contribution in [3.8, 4) is 6.07 Å². The highest BCUT2D eigenvalue weighted by Gasteiger charge is 2.17. The molecule has 0 spiro atoms. The number of nitriles is 1. The van der Waals surface area contributed by atoms with Crippen molar-refractivity contribution in [1.82, 2.24) is 0 Å². The van der Waals surface area contributed by atoms with Gasteiger partial charge in [0, 0.05) is 5.46 Å². The zero-order chi connectivity index (χ0) is 7.56. The highest BCUT2D eigenvalue weighted by atomic mass is 16.4. The van der Waals surface area contributed by atoms with E-state index in [0.29, 0.717) is 0 Å². The average Bonchev–Trinajstić information content (AvgIpc) is 2.33. The molecular weight excluding hydrogens is 133 g/mol. The third-order valence-electron chi connectivity index (χ3n) is 1.08. The Labute approximate surface area is 57.5 Å². The maximum absolute atomic E-state index is 8.57. The van der Waals surface area contributed by atoms with Gasteiger partial charge in [0.15, 0.2) is 0 Å². The molecule has 0 aliphatic carbocycles. The Bertz CT molecular complexity index is 262. The van der Waals surface area contributed by atoms with Gasteiger partial charge in [-0.1, -0.05) is 0 Å². The smallest absolute Gasteiger partial charge is 0.454 e. The molecule has 1 heterocycles. The fourth-order valence-corrected chi connectivity index (χ4v) is 0.613. The van der Waals surface area contributed by atoms with Gasteiger partial charge in [0.1, 0.15) is 6.07 Å². The first-order valence-corrected chi connectivity index (χ1v) is 2.59. The molecule has 0 bridgehead atoms. The van der Waals surface area contributed by atoms with Crippen LogP contribution in [0.1, 0.15) is 5.76 Å². The third kappa shape index (κ3) is 1.03. The Balaban J connectivity index is 3.05. The molecule has 0 aliphatic heterocycles. The van der Waals surface area contributed by atoms with Crippen molar-refractivity contribution >= 4 is 12.6 Å². The summed E-state index contributed by atoms with van der Waals surface area (Å²) in [6.45, 7) is 0. The van der Waals surface area contributed by atoms with Gasteiger partial charge in [-0.15, -0.1) is 0 Å². The second kappa shape index (κ2) is 2.56. The van der Waals surface area contributed by atoms with Gasteiger partial charge in [0.25, 0.3) is 0 Å². The largest absolute Gasteiger partial charge is 0.493 e. The number of rotatable bonds is 1. The van der Waals surface area contributed by atoms with Crippen LogP contribution in [0.3, 0.4) is 0 Å². The monoisotopic (exact) mass is 137 g/mol. The Morgan fingerprint density at radius 3 is 2.70 bits per heavy atom. The molecule has 0 aliphatic rings. The summed E-state index contributed by atoms with van der Waals surface area (Å²) in [5.74, 6) is -0.0602. The summed E-state index contributed by atoms with van der Waals surface area (Å²) in [7, 11) is -1.63. The molecule has 0 unspecified atom stereocenters. The molecule has 50 valence electrons. The molecule has 1 aromatic heterocycles. The van der Waals surface area contributed by atoms with Crippen LogP contribution < -0.4 is 5.46 Å². The second-order valence-corrected chi connectivity index (χ2v) is 1.69. The quantitative estimate of drug-likeness (QED) is 0.478. The molecule has 2 N–H and O–H groups in total. The second-order valence-electron chi connectivity index (χ2n) is 1.69. The average molecular weight is 137 g/mol. The predicted octanol–water partition coefficient (Wildman–Crippen LogP) is -1.17. The summed E-state index contributed by atoms with van der Waals surface area (Å²) in [5, 5.41) is 25.4. The molecule has 1 aromatic rings. The highest BCUT2D eigenvalue weighted by molar-refractivity contribution is 6.59. The van der Waals surface area contributed by atoms with Gasteiger partial charge in [-0.05, 0) is 6.07 Å². The lowest BCUT2D eigenvalue weighted by atomic mass is 9.81. The topological polar surface area (TPSA) is 77.4 Å². The first kappa shape index (κ1) is 6.87. The maximum Gasteiger partial charge on any atom is 0.493 e.